The normalized spacial score (nSPS) is 20.1. The number of nitrogens with zero attached hydrogens (tertiary/aromatic N) is 1. The SMILES string of the molecule is CN1C2=C(C(=O)CC(C)(C)C2)C(c2cc(Br)c(OCC(=O)Nc3ccc(Cl)cc3)c(Br)c2)C2=C1CC(C)(C)CC2=O. The van der Waals surface area contributed by atoms with Gasteiger partial charge in [-0.1, -0.05) is 39.3 Å². The number of anilines is 1. The van der Waals surface area contributed by atoms with E-state index in [1.807, 2.05) is 19.2 Å². The van der Waals surface area contributed by atoms with E-state index in [4.69, 9.17) is 16.3 Å². The number of ketones is 2. The van der Waals surface area contributed by atoms with E-state index in [1.54, 1.807) is 24.3 Å². The van der Waals surface area contributed by atoms with E-state index >= 15 is 0 Å². The van der Waals surface area contributed by atoms with Crippen LogP contribution in [0.4, 0.5) is 5.69 Å². The molecule has 0 fully saturated rings. The number of halogens is 3. The Kier molecular flexibility index (Phi) is 8.07. The fourth-order valence-electron chi connectivity index (χ4n) is 6.25. The standard InChI is InChI=1S/C32H33Br2ClN2O4/c1-31(2)12-22-28(24(38)14-31)27(29-23(37(22)5)13-32(3,4)15-25(29)39)17-10-20(33)30(21(34)11-17)41-16-26(40)36-19-8-6-18(35)7-9-19/h6-11,27H,12-16H2,1-5H3,(H,36,40). The lowest BCUT2D eigenvalue weighted by Crippen LogP contribution is -2.43. The summed E-state index contributed by atoms with van der Waals surface area (Å²) in [6, 6.07) is 10.6. The van der Waals surface area contributed by atoms with Gasteiger partial charge >= 0.3 is 0 Å². The van der Waals surface area contributed by atoms with Crippen LogP contribution >= 0.6 is 43.5 Å². The summed E-state index contributed by atoms with van der Waals surface area (Å²) in [4.78, 5) is 42.2. The van der Waals surface area contributed by atoms with Gasteiger partial charge in [0.25, 0.3) is 5.91 Å². The number of ether oxygens (including phenoxy) is 1. The van der Waals surface area contributed by atoms with E-state index in [0.717, 1.165) is 29.8 Å². The molecule has 0 radical (unpaired) electrons. The highest BCUT2D eigenvalue weighted by molar-refractivity contribution is 9.11. The molecule has 1 N–H and O–H groups in total. The third-order valence-electron chi connectivity index (χ3n) is 8.01. The molecule has 2 aromatic rings. The maximum atomic E-state index is 13.7. The molecule has 5 rings (SSSR count). The van der Waals surface area contributed by atoms with Crippen LogP contribution < -0.4 is 10.1 Å². The molecule has 2 aliphatic carbocycles. The minimum absolute atomic E-state index is 0.0868. The number of allylic oxidation sites excluding steroid dienone is 4. The smallest absolute Gasteiger partial charge is 0.262 e. The predicted octanol–water partition coefficient (Wildman–Crippen LogP) is 8.20. The number of nitrogens with one attached hydrogen (secondary N) is 1. The number of benzene rings is 2. The van der Waals surface area contributed by atoms with Crippen molar-refractivity contribution >= 4 is 66.6 Å². The first-order valence-corrected chi connectivity index (χ1v) is 15.6. The summed E-state index contributed by atoms with van der Waals surface area (Å²) in [6.45, 7) is 8.29. The molecule has 0 aromatic heterocycles. The maximum absolute atomic E-state index is 13.7. The lowest BCUT2D eigenvalue weighted by molar-refractivity contribution is -0.120. The van der Waals surface area contributed by atoms with Crippen LogP contribution in [0, 0.1) is 10.8 Å². The molecular weight excluding hydrogens is 672 g/mol. The Balaban J connectivity index is 1.50. The van der Waals surface area contributed by atoms with Gasteiger partial charge in [-0.15, -0.1) is 0 Å². The minimum atomic E-state index is -0.460. The largest absolute Gasteiger partial charge is 0.481 e. The summed E-state index contributed by atoms with van der Waals surface area (Å²) in [6.07, 6.45) is 2.40. The molecule has 1 aliphatic heterocycles. The van der Waals surface area contributed by atoms with Crippen LogP contribution in [0.15, 0.2) is 67.9 Å². The number of hydrogen-bond acceptors (Lipinski definition) is 5. The lowest BCUT2D eigenvalue weighted by atomic mass is 9.64. The van der Waals surface area contributed by atoms with E-state index < -0.39 is 5.92 Å². The Labute approximate surface area is 262 Å². The van der Waals surface area contributed by atoms with Crippen LogP contribution in [0.1, 0.15) is 64.9 Å². The zero-order valence-electron chi connectivity index (χ0n) is 23.8. The Hall–Kier alpha value is -2.42. The molecule has 0 saturated carbocycles. The fourth-order valence-corrected chi connectivity index (χ4v) is 7.83. The highest BCUT2D eigenvalue weighted by atomic mass is 79.9. The van der Waals surface area contributed by atoms with Gasteiger partial charge in [0.15, 0.2) is 18.2 Å². The molecule has 0 saturated heterocycles. The topological polar surface area (TPSA) is 75.7 Å². The second-order valence-corrected chi connectivity index (χ2v) is 14.9. The summed E-state index contributed by atoms with van der Waals surface area (Å²) in [5.41, 5.74) is 4.57. The molecule has 1 heterocycles. The third kappa shape index (κ3) is 6.06. The van der Waals surface area contributed by atoms with Crippen molar-refractivity contribution in [2.75, 3.05) is 19.0 Å². The molecule has 0 spiro atoms. The van der Waals surface area contributed by atoms with Crippen molar-refractivity contribution in [3.05, 3.63) is 78.5 Å². The van der Waals surface area contributed by atoms with Gasteiger partial charge in [0.2, 0.25) is 0 Å². The number of carbonyl (C=O) groups is 3. The Morgan fingerprint density at radius 3 is 1.90 bits per heavy atom. The van der Waals surface area contributed by atoms with E-state index in [9.17, 15) is 14.4 Å². The van der Waals surface area contributed by atoms with Crippen molar-refractivity contribution in [1.82, 2.24) is 4.90 Å². The van der Waals surface area contributed by atoms with Gasteiger partial charge < -0.3 is 15.0 Å². The summed E-state index contributed by atoms with van der Waals surface area (Å²) in [5.74, 6) is -0.143. The monoisotopic (exact) mass is 702 g/mol. The summed E-state index contributed by atoms with van der Waals surface area (Å²) < 4.78 is 7.14. The third-order valence-corrected chi connectivity index (χ3v) is 9.44. The Bertz CT molecular complexity index is 1450. The van der Waals surface area contributed by atoms with Gasteiger partial charge in [0, 0.05) is 59.1 Å². The average Bonchev–Trinajstić information content (AvgIpc) is 2.85. The molecule has 3 aliphatic rings. The second-order valence-electron chi connectivity index (χ2n) is 12.8. The van der Waals surface area contributed by atoms with Crippen LogP contribution in [0.3, 0.4) is 0 Å². The van der Waals surface area contributed by atoms with Gasteiger partial charge in [-0.2, -0.15) is 0 Å². The summed E-state index contributed by atoms with van der Waals surface area (Å²) >= 11 is 13.2. The second kappa shape index (κ2) is 11.0. The van der Waals surface area contributed by atoms with Gasteiger partial charge in [0.05, 0.1) is 8.95 Å². The molecule has 2 aromatic carbocycles. The lowest BCUT2D eigenvalue weighted by Gasteiger charge is -2.48. The zero-order valence-corrected chi connectivity index (χ0v) is 27.7. The molecule has 1 amide bonds. The Morgan fingerprint density at radius 2 is 1.41 bits per heavy atom. The predicted molar refractivity (Wildman–Crippen MR) is 168 cm³/mol. The summed E-state index contributed by atoms with van der Waals surface area (Å²) in [5, 5.41) is 3.37. The molecule has 216 valence electrons. The number of amides is 1. The van der Waals surface area contributed by atoms with E-state index in [2.05, 4.69) is 69.8 Å². The van der Waals surface area contributed by atoms with E-state index in [0.29, 0.717) is 49.4 Å². The molecule has 0 unspecified atom stereocenters. The number of Topliss-reactive ketones (excluding diaryl/α,β-unsaturated/α-hetero) is 2. The highest BCUT2D eigenvalue weighted by Gasteiger charge is 2.48. The minimum Gasteiger partial charge on any atom is -0.481 e. The Morgan fingerprint density at radius 1 is 0.927 bits per heavy atom. The maximum Gasteiger partial charge on any atom is 0.262 e. The highest BCUT2D eigenvalue weighted by Crippen LogP contribution is 2.54. The average molecular weight is 705 g/mol. The van der Waals surface area contributed by atoms with Crippen molar-refractivity contribution in [2.45, 2.75) is 59.3 Å². The first kappa shape index (κ1) is 30.1. The van der Waals surface area contributed by atoms with Gasteiger partial charge in [-0.25, -0.2) is 0 Å². The van der Waals surface area contributed by atoms with Crippen LogP contribution in [0.2, 0.25) is 5.02 Å². The summed E-state index contributed by atoms with van der Waals surface area (Å²) in [7, 11) is 2.00. The van der Waals surface area contributed by atoms with E-state index in [-0.39, 0.29) is 34.9 Å². The van der Waals surface area contributed by atoms with Crippen LogP contribution in [-0.2, 0) is 14.4 Å². The quantitative estimate of drug-likeness (QED) is 0.340. The van der Waals surface area contributed by atoms with Crippen molar-refractivity contribution < 1.29 is 19.1 Å². The van der Waals surface area contributed by atoms with Gasteiger partial charge in [-0.3, -0.25) is 14.4 Å². The number of rotatable bonds is 5. The molecule has 0 bridgehead atoms. The zero-order chi connectivity index (χ0) is 29.9. The van der Waals surface area contributed by atoms with Crippen LogP contribution in [-0.4, -0.2) is 36.0 Å². The van der Waals surface area contributed by atoms with Crippen molar-refractivity contribution in [2.24, 2.45) is 10.8 Å². The van der Waals surface area contributed by atoms with Crippen LogP contribution in [0.5, 0.6) is 5.75 Å². The fraction of sp³-hybridized carbons (Fsp3) is 0.406. The van der Waals surface area contributed by atoms with E-state index in [1.165, 1.54) is 0 Å². The van der Waals surface area contributed by atoms with Gasteiger partial charge in [-0.05, 0) is 97.5 Å². The molecular formula is C32H33Br2ClN2O4. The first-order valence-electron chi connectivity index (χ1n) is 13.6. The molecule has 41 heavy (non-hydrogen) atoms. The molecule has 6 nitrogen and oxygen atoms in total. The van der Waals surface area contributed by atoms with Gasteiger partial charge in [0.1, 0.15) is 5.75 Å². The number of hydrogen-bond donors (Lipinski definition) is 1. The van der Waals surface area contributed by atoms with Crippen LogP contribution in [0.25, 0.3) is 0 Å². The van der Waals surface area contributed by atoms with Crippen molar-refractivity contribution in [3.8, 4) is 5.75 Å². The molecule has 9 heteroatoms. The van der Waals surface area contributed by atoms with Crippen molar-refractivity contribution in [1.29, 1.82) is 0 Å². The van der Waals surface area contributed by atoms with Crippen molar-refractivity contribution in [3.63, 3.8) is 0 Å². The first-order chi connectivity index (χ1) is 19.2. The molecule has 0 atom stereocenters. The number of carbonyl (C=O) groups excluding carboxylic acids is 3.